The van der Waals surface area contributed by atoms with Crippen LogP contribution in [0.15, 0.2) is 280 Å². The first-order chi connectivity index (χ1) is 66.4. The van der Waals surface area contributed by atoms with Crippen LogP contribution in [0.1, 0.15) is 41.4 Å². The van der Waals surface area contributed by atoms with Crippen LogP contribution in [-0.2, 0) is 59.0 Å². The highest BCUT2D eigenvalue weighted by atomic mass is 35.5. The number of fused-ring (bicyclic) bond motifs is 4. The van der Waals surface area contributed by atoms with Gasteiger partial charge >= 0.3 is 0 Å². The predicted molar refractivity (Wildman–Crippen MR) is 526 cm³/mol. The van der Waals surface area contributed by atoms with Gasteiger partial charge in [0, 0.05) is 80.6 Å². The summed E-state index contributed by atoms with van der Waals surface area (Å²) in [6.45, 7) is -0.138. The normalized spacial score (nSPS) is 15.2. The molecule has 6 aromatic heterocycles. The highest BCUT2D eigenvalue weighted by Crippen LogP contribution is 2.37. The molecule has 20 rings (SSSR count). The number of ether oxygens (including phenoxy) is 4. The molecular formula is C96H74Cl4F2N16O16S4. The highest BCUT2D eigenvalue weighted by Gasteiger charge is 2.33. The number of pyridine rings is 4. The lowest BCUT2D eigenvalue weighted by Crippen LogP contribution is -2.41. The van der Waals surface area contributed by atoms with Gasteiger partial charge in [-0.3, -0.25) is 29.1 Å². The van der Waals surface area contributed by atoms with Crippen LogP contribution < -0.4 is 38.5 Å². The van der Waals surface area contributed by atoms with Crippen LogP contribution >= 0.6 is 46.4 Å². The van der Waals surface area contributed by atoms with E-state index in [4.69, 9.17) is 65.4 Å². The van der Waals surface area contributed by atoms with Gasteiger partial charge in [0.25, 0.3) is 23.6 Å². The topological polar surface area (TPSA) is 406 Å². The Morgan fingerprint density at radius 2 is 0.667 bits per heavy atom. The summed E-state index contributed by atoms with van der Waals surface area (Å²) in [5, 5.41) is 13.9. The van der Waals surface area contributed by atoms with Gasteiger partial charge in [-0.1, -0.05) is 107 Å². The number of nitrogens with zero attached hydrogens (tertiary/aromatic N) is 12. The van der Waals surface area contributed by atoms with Crippen LogP contribution in [0.4, 0.5) is 54.3 Å². The predicted octanol–water partition coefficient (Wildman–Crippen LogP) is 17.6. The number of sulfonamides is 4. The molecule has 4 saturated heterocycles. The third-order valence-corrected chi connectivity index (χ3v) is 29.7. The first-order valence-electron chi connectivity index (χ1n) is 41.9. The number of hydrogen-bond donors (Lipinski definition) is 4. The largest absolute Gasteiger partial charge is 0.359 e. The van der Waals surface area contributed by atoms with Crippen LogP contribution in [0.5, 0.6) is 0 Å². The molecule has 32 nitrogen and oxygen atoms in total. The van der Waals surface area contributed by atoms with Crippen molar-refractivity contribution in [1.82, 2.24) is 39.9 Å². The Hall–Kier alpha value is -14.3. The number of hydrogen-bond acceptors (Lipinski definition) is 24. The summed E-state index contributed by atoms with van der Waals surface area (Å²) in [7, 11) is -14.2. The Labute approximate surface area is 807 Å². The van der Waals surface area contributed by atoms with Crippen LogP contribution in [0.25, 0.3) is 89.2 Å². The number of anilines is 8. The fraction of sp³-hybridized carbons (Fsp3) is 0.125. The van der Waals surface area contributed by atoms with Gasteiger partial charge < -0.3 is 40.2 Å². The number of carbonyl (C=O) groups excluding carboxylic acids is 4. The molecule has 0 aliphatic carbocycles. The standard InChI is InChI=1S/2C24H18Cl2N4O4S.2C24H19FN4O4S/c25-19-6-3-15(12-18(19)21-7-8-22-23(29-21)2-1-9-27-22)28-24(31)17-5-4-16(13-20(17)26)30-14-34-10-11-35(30,32)33;25-20-8-5-16(11-19(20)23-27-13-15-3-1-2-4-22(15)29-23)28-24(31)18-7-6-17(12-21(18)26)30-14-34-9-10-35(30,32)33;25-20-14-18(29-15-33-11-12-34(29,31)32)6-7-19(20)24(30)27-17-4-1-3-16(13-17)21-8-9-22-23(28-21)5-2-10-26-22;25-21-13-19(29-15-33-10-11-34(29,31)32)8-9-20(21)24(30)27-18-6-3-5-16(12-18)23-26-14-17-4-1-2-7-22(17)28-23/h1-9,12-13H,10-11,14H2,(H,28,31);1-8,11-13H,9-10,14H2,(H,28,31);1-10,13-14H,11-12,15H2,(H,27,30);1-9,12-14H,10-11,15H2,(H,27,30). The summed E-state index contributed by atoms with van der Waals surface area (Å²) >= 11 is 25.5. The molecule has 4 aliphatic rings. The van der Waals surface area contributed by atoms with Crippen molar-refractivity contribution >= 4 is 199 Å². The molecule has 4 fully saturated rings. The molecule has 4 aliphatic heterocycles. The van der Waals surface area contributed by atoms with Crippen molar-refractivity contribution < 1.29 is 80.6 Å². The SMILES string of the molecule is O=C(Nc1ccc(Cl)c(-c2ccc3ncccc3n2)c1)c1ccc(N2COCCS2(=O)=O)cc1Cl.O=C(Nc1ccc(Cl)c(-c2ncc3ccccc3n2)c1)c1ccc(N2COCCS2(=O)=O)cc1Cl.O=C(Nc1cccc(-c2ccc3ncccc3n2)c1)c1ccc(N2COCCS2(=O)=O)cc1F.O=C(Nc1cccc(-c2ncc3ccccc3n2)c1)c1ccc(N2COCCS2(=O)=O)cc1F. The van der Waals surface area contributed by atoms with Crippen LogP contribution in [0.2, 0.25) is 20.1 Å². The minimum Gasteiger partial charge on any atom is -0.359 e. The Morgan fingerprint density at radius 1 is 0.304 bits per heavy atom. The Kier molecular flexibility index (Phi) is 28.6. The van der Waals surface area contributed by atoms with Crippen molar-refractivity contribution in [3.8, 4) is 45.3 Å². The zero-order valence-electron chi connectivity index (χ0n) is 71.8. The average Bonchev–Trinajstić information content (AvgIpc) is 0.794. The van der Waals surface area contributed by atoms with Crippen molar-refractivity contribution in [2.75, 3.05) is 115 Å². The highest BCUT2D eigenvalue weighted by molar-refractivity contribution is 7.93. The number of para-hydroxylation sites is 2. The Bertz CT molecular complexity index is 7540. The lowest BCUT2D eigenvalue weighted by atomic mass is 10.1. The zero-order chi connectivity index (χ0) is 96.6. The molecule has 10 aromatic carbocycles. The van der Waals surface area contributed by atoms with Crippen LogP contribution in [0, 0.1) is 11.6 Å². The summed E-state index contributed by atoms with van der Waals surface area (Å²) in [5.74, 6) is -3.61. The van der Waals surface area contributed by atoms with E-state index in [1.54, 1.807) is 104 Å². The molecule has 16 aromatic rings. The van der Waals surface area contributed by atoms with Gasteiger partial charge in [0.05, 0.1) is 159 Å². The van der Waals surface area contributed by atoms with Crippen LogP contribution in [0.3, 0.4) is 0 Å². The first kappa shape index (κ1) is 95.5. The molecule has 4 N–H and O–H groups in total. The van der Waals surface area contributed by atoms with Gasteiger partial charge in [-0.2, -0.15) is 0 Å². The van der Waals surface area contributed by atoms with Crippen molar-refractivity contribution in [2.24, 2.45) is 0 Å². The summed E-state index contributed by atoms with van der Waals surface area (Å²) in [4.78, 5) is 87.0. The van der Waals surface area contributed by atoms with Gasteiger partial charge in [0.15, 0.2) is 11.6 Å². The van der Waals surface area contributed by atoms with E-state index in [1.807, 2.05) is 103 Å². The molecule has 0 bridgehead atoms. The molecule has 0 saturated carbocycles. The molecule has 700 valence electrons. The second kappa shape index (κ2) is 41.4. The van der Waals surface area contributed by atoms with E-state index in [-0.39, 0.29) is 120 Å². The van der Waals surface area contributed by atoms with E-state index in [0.29, 0.717) is 83.9 Å². The molecule has 10 heterocycles. The minimum absolute atomic E-state index is 0.0884. The molecule has 138 heavy (non-hydrogen) atoms. The van der Waals surface area contributed by atoms with E-state index in [2.05, 4.69) is 61.1 Å². The fourth-order valence-electron chi connectivity index (χ4n) is 14.6. The number of rotatable bonds is 16. The van der Waals surface area contributed by atoms with E-state index >= 15 is 0 Å². The number of halogens is 6. The lowest BCUT2D eigenvalue weighted by molar-refractivity contribution is 0.101. The fourth-order valence-corrected chi connectivity index (χ4v) is 20.4. The second-order valence-corrected chi connectivity index (χ2v) is 40.5. The van der Waals surface area contributed by atoms with Gasteiger partial charge in [0.2, 0.25) is 40.1 Å². The van der Waals surface area contributed by atoms with Gasteiger partial charge in [-0.05, 0) is 194 Å². The first-order valence-corrected chi connectivity index (χ1v) is 49.8. The van der Waals surface area contributed by atoms with Crippen LogP contribution in [-0.4, -0.2) is 174 Å². The van der Waals surface area contributed by atoms with Gasteiger partial charge in [-0.15, -0.1) is 0 Å². The van der Waals surface area contributed by atoms with E-state index < -0.39 is 75.4 Å². The molecule has 0 unspecified atom stereocenters. The van der Waals surface area contributed by atoms with Crippen molar-refractivity contribution in [2.45, 2.75) is 0 Å². The molecule has 0 atom stereocenters. The third kappa shape index (κ3) is 22.0. The molecule has 42 heteroatoms. The summed E-state index contributed by atoms with van der Waals surface area (Å²) in [6, 6.07) is 70.1. The Balaban J connectivity index is 0.000000127. The van der Waals surface area contributed by atoms with Gasteiger partial charge in [-0.25, -0.2) is 89.6 Å². The smallest absolute Gasteiger partial charge is 0.258 e. The summed E-state index contributed by atoms with van der Waals surface area (Å²) in [6.07, 6.45) is 6.84. The molecule has 0 radical (unpaired) electrons. The molecule has 4 amide bonds. The van der Waals surface area contributed by atoms with E-state index in [9.17, 15) is 61.6 Å². The average molecular weight is 2020 g/mol. The monoisotopic (exact) mass is 2010 g/mol. The molecular weight excluding hydrogens is 1940 g/mol. The number of carbonyl (C=O) groups is 4. The van der Waals surface area contributed by atoms with Crippen molar-refractivity contribution in [1.29, 1.82) is 0 Å². The zero-order valence-corrected chi connectivity index (χ0v) is 78.1. The number of nitrogens with one attached hydrogen (secondary N) is 4. The number of aromatic nitrogens is 8. The quantitative estimate of drug-likeness (QED) is 0.0698. The van der Waals surface area contributed by atoms with Crippen molar-refractivity contribution in [3.05, 3.63) is 334 Å². The third-order valence-electron chi connectivity index (χ3n) is 21.7. The minimum atomic E-state index is -3.59. The summed E-state index contributed by atoms with van der Waals surface area (Å²) in [5.41, 5.74) is 11.3. The van der Waals surface area contributed by atoms with E-state index in [1.165, 1.54) is 60.7 Å². The molecule has 0 spiro atoms. The number of benzene rings is 10. The van der Waals surface area contributed by atoms with Gasteiger partial charge in [0.1, 0.15) is 38.6 Å². The Morgan fingerprint density at radius 3 is 1.11 bits per heavy atom. The maximum atomic E-state index is 14.8. The van der Waals surface area contributed by atoms with E-state index in [0.717, 1.165) is 78.8 Å². The second-order valence-electron chi connectivity index (χ2n) is 30.8. The lowest BCUT2D eigenvalue weighted by Gasteiger charge is -2.28. The summed E-state index contributed by atoms with van der Waals surface area (Å²) < 4.78 is 153. The maximum absolute atomic E-state index is 14.8. The maximum Gasteiger partial charge on any atom is 0.258 e. The number of amides is 4. The van der Waals surface area contributed by atoms with Crippen molar-refractivity contribution in [3.63, 3.8) is 0 Å².